The van der Waals surface area contributed by atoms with Crippen LogP contribution in [0.15, 0.2) is 43.0 Å². The van der Waals surface area contributed by atoms with Crippen LogP contribution in [0.2, 0.25) is 0 Å². The van der Waals surface area contributed by atoms with Gasteiger partial charge in [-0.25, -0.2) is 4.79 Å². The molecule has 2 rings (SSSR count). The SMILES string of the molecule is C=CCOC(=O)C(SC1CC(=O)N1C(C)(C)C(=O)O)c1ccccc1. The first kappa shape index (κ1) is 19.1. The Hall–Kier alpha value is -2.28. The Morgan fingerprint density at radius 2 is 2.08 bits per heavy atom. The minimum absolute atomic E-state index is 0.0939. The van der Waals surface area contributed by atoms with E-state index in [9.17, 15) is 19.5 Å². The molecule has 1 heterocycles. The summed E-state index contributed by atoms with van der Waals surface area (Å²) >= 11 is 1.23. The van der Waals surface area contributed by atoms with Crippen LogP contribution in [0.1, 0.15) is 31.1 Å². The van der Waals surface area contributed by atoms with Crippen LogP contribution >= 0.6 is 11.8 Å². The number of esters is 1. The standard InChI is InChI=1S/C18H21NO5S/c1-4-10-24-16(21)15(12-8-6-5-7-9-12)25-14-11-13(20)19(14)18(2,3)17(22)23/h4-9,14-15H,1,10-11H2,2-3H3,(H,22,23). The molecular formula is C18H21NO5S. The first-order valence-electron chi connectivity index (χ1n) is 7.82. The van der Waals surface area contributed by atoms with E-state index in [4.69, 9.17) is 4.74 Å². The second-order valence-corrected chi connectivity index (χ2v) is 7.42. The second-order valence-electron chi connectivity index (χ2n) is 6.13. The van der Waals surface area contributed by atoms with E-state index in [1.54, 1.807) is 12.1 Å². The van der Waals surface area contributed by atoms with E-state index >= 15 is 0 Å². The fraction of sp³-hybridized carbons (Fsp3) is 0.389. The largest absolute Gasteiger partial charge is 0.480 e. The zero-order chi connectivity index (χ0) is 18.6. The molecule has 1 N–H and O–H groups in total. The molecule has 0 aromatic heterocycles. The van der Waals surface area contributed by atoms with Gasteiger partial charge in [-0.05, 0) is 19.4 Å². The van der Waals surface area contributed by atoms with Gasteiger partial charge in [0.15, 0.2) is 0 Å². The summed E-state index contributed by atoms with van der Waals surface area (Å²) in [7, 11) is 0. The Bertz CT molecular complexity index is 673. The molecule has 1 aliphatic rings. The van der Waals surface area contributed by atoms with E-state index in [2.05, 4.69) is 6.58 Å². The maximum atomic E-state index is 12.4. The number of ether oxygens (including phenoxy) is 1. The minimum atomic E-state index is -1.33. The number of rotatable bonds is 8. The van der Waals surface area contributed by atoms with E-state index < -0.39 is 28.1 Å². The van der Waals surface area contributed by atoms with Crippen LogP contribution in [0.3, 0.4) is 0 Å². The molecule has 2 unspecified atom stereocenters. The van der Waals surface area contributed by atoms with Crippen molar-refractivity contribution in [1.82, 2.24) is 4.90 Å². The fourth-order valence-corrected chi connectivity index (χ4v) is 4.09. The highest BCUT2D eigenvalue weighted by Crippen LogP contribution is 2.43. The lowest BCUT2D eigenvalue weighted by Gasteiger charge is -2.48. The molecule has 25 heavy (non-hydrogen) atoms. The van der Waals surface area contributed by atoms with Gasteiger partial charge in [-0.1, -0.05) is 43.0 Å². The maximum Gasteiger partial charge on any atom is 0.329 e. The van der Waals surface area contributed by atoms with E-state index in [1.807, 2.05) is 18.2 Å². The molecular weight excluding hydrogens is 342 g/mol. The number of carbonyl (C=O) groups excluding carboxylic acids is 2. The van der Waals surface area contributed by atoms with Crippen molar-refractivity contribution in [2.24, 2.45) is 0 Å². The lowest BCUT2D eigenvalue weighted by atomic mass is 9.97. The smallest absolute Gasteiger partial charge is 0.329 e. The average molecular weight is 363 g/mol. The van der Waals surface area contributed by atoms with E-state index in [0.717, 1.165) is 5.56 Å². The number of thioether (sulfide) groups is 1. The van der Waals surface area contributed by atoms with Crippen molar-refractivity contribution in [2.45, 2.75) is 36.4 Å². The second kappa shape index (κ2) is 7.74. The van der Waals surface area contributed by atoms with Gasteiger partial charge >= 0.3 is 11.9 Å². The number of benzene rings is 1. The highest BCUT2D eigenvalue weighted by atomic mass is 32.2. The molecule has 0 radical (unpaired) electrons. The monoisotopic (exact) mass is 363 g/mol. The number of hydrogen-bond donors (Lipinski definition) is 1. The summed E-state index contributed by atoms with van der Waals surface area (Å²) in [5, 5.41) is 8.33. The van der Waals surface area contributed by atoms with Crippen molar-refractivity contribution in [3.8, 4) is 0 Å². The summed E-state index contributed by atoms with van der Waals surface area (Å²) in [6, 6.07) is 9.08. The third-order valence-corrected chi connectivity index (χ3v) is 5.41. The van der Waals surface area contributed by atoms with Gasteiger partial charge in [-0.3, -0.25) is 9.59 Å². The minimum Gasteiger partial charge on any atom is -0.480 e. The maximum absolute atomic E-state index is 12.4. The van der Waals surface area contributed by atoms with Crippen LogP contribution < -0.4 is 0 Å². The van der Waals surface area contributed by atoms with E-state index in [1.165, 1.54) is 36.6 Å². The molecule has 0 saturated carbocycles. The van der Waals surface area contributed by atoms with Gasteiger partial charge in [0.05, 0.1) is 11.8 Å². The van der Waals surface area contributed by atoms with Crippen molar-refractivity contribution in [3.05, 3.63) is 48.6 Å². The lowest BCUT2D eigenvalue weighted by Crippen LogP contribution is -2.64. The van der Waals surface area contributed by atoms with Gasteiger partial charge in [0, 0.05) is 0 Å². The molecule has 1 aromatic carbocycles. The number of nitrogens with zero attached hydrogens (tertiary/aromatic N) is 1. The van der Waals surface area contributed by atoms with Gasteiger partial charge < -0.3 is 14.7 Å². The zero-order valence-electron chi connectivity index (χ0n) is 14.2. The molecule has 1 fully saturated rings. The predicted octanol–water partition coefficient (Wildman–Crippen LogP) is 2.61. The molecule has 6 nitrogen and oxygen atoms in total. The third-order valence-electron chi connectivity index (χ3n) is 3.98. The summed E-state index contributed by atoms with van der Waals surface area (Å²) in [5.74, 6) is -1.77. The number of carboxylic acid groups (broad SMARTS) is 1. The zero-order valence-corrected chi connectivity index (χ0v) is 15.0. The molecule has 7 heteroatoms. The van der Waals surface area contributed by atoms with Crippen LogP contribution in [0.25, 0.3) is 0 Å². The predicted molar refractivity (Wildman–Crippen MR) is 94.9 cm³/mol. The highest BCUT2D eigenvalue weighted by molar-refractivity contribution is 8.00. The van der Waals surface area contributed by atoms with Crippen LogP contribution in [-0.4, -0.2) is 45.4 Å². The number of amides is 1. The van der Waals surface area contributed by atoms with Crippen molar-refractivity contribution < 1.29 is 24.2 Å². The topological polar surface area (TPSA) is 83.9 Å². The first-order chi connectivity index (χ1) is 11.8. The molecule has 0 spiro atoms. The number of aliphatic carboxylic acids is 1. The Labute approximate surface area is 150 Å². The fourth-order valence-electron chi connectivity index (χ4n) is 2.54. The summed E-state index contributed by atoms with van der Waals surface area (Å²) in [6.45, 7) is 6.58. The molecule has 0 bridgehead atoms. The van der Waals surface area contributed by atoms with Gasteiger partial charge in [-0.15, -0.1) is 11.8 Å². The lowest BCUT2D eigenvalue weighted by molar-refractivity contribution is -0.165. The molecule has 134 valence electrons. The van der Waals surface area contributed by atoms with Gasteiger partial charge in [-0.2, -0.15) is 0 Å². The van der Waals surface area contributed by atoms with Crippen molar-refractivity contribution in [3.63, 3.8) is 0 Å². The number of carboxylic acids is 1. The Kier molecular flexibility index (Phi) is 5.89. The van der Waals surface area contributed by atoms with E-state index in [0.29, 0.717) is 0 Å². The summed E-state index contributed by atoms with van der Waals surface area (Å²) < 4.78 is 5.17. The highest BCUT2D eigenvalue weighted by Gasteiger charge is 2.50. The summed E-state index contributed by atoms with van der Waals surface area (Å²) in [4.78, 5) is 37.2. The Balaban J connectivity index is 2.22. The van der Waals surface area contributed by atoms with Gasteiger partial charge in [0.1, 0.15) is 17.4 Å². The molecule has 1 amide bonds. The van der Waals surface area contributed by atoms with E-state index in [-0.39, 0.29) is 18.9 Å². The Morgan fingerprint density at radius 3 is 2.60 bits per heavy atom. The van der Waals surface area contributed by atoms with Crippen LogP contribution in [-0.2, 0) is 19.1 Å². The quantitative estimate of drug-likeness (QED) is 0.434. The average Bonchev–Trinajstić information content (AvgIpc) is 2.56. The molecule has 2 atom stereocenters. The van der Waals surface area contributed by atoms with Crippen LogP contribution in [0, 0.1) is 0 Å². The molecule has 1 aliphatic heterocycles. The number of hydrogen-bond acceptors (Lipinski definition) is 5. The van der Waals surface area contributed by atoms with Crippen LogP contribution in [0.4, 0.5) is 0 Å². The first-order valence-corrected chi connectivity index (χ1v) is 8.76. The van der Waals surface area contributed by atoms with Crippen molar-refractivity contribution in [1.29, 1.82) is 0 Å². The van der Waals surface area contributed by atoms with Gasteiger partial charge in [0.2, 0.25) is 5.91 Å². The van der Waals surface area contributed by atoms with Crippen molar-refractivity contribution >= 4 is 29.6 Å². The normalized spacial score (nSPS) is 18.2. The summed E-state index contributed by atoms with van der Waals surface area (Å²) in [5.41, 5.74) is -0.590. The number of likely N-dealkylation sites (tertiary alicyclic amines) is 1. The van der Waals surface area contributed by atoms with Gasteiger partial charge in [0.25, 0.3) is 0 Å². The van der Waals surface area contributed by atoms with Crippen LogP contribution in [0.5, 0.6) is 0 Å². The summed E-state index contributed by atoms with van der Waals surface area (Å²) in [6.07, 6.45) is 1.68. The number of β-lactam (4-membered cyclic amide) rings is 1. The Morgan fingerprint density at radius 1 is 1.44 bits per heavy atom. The third kappa shape index (κ3) is 4.04. The molecule has 1 saturated heterocycles. The molecule has 1 aromatic rings. The molecule has 0 aliphatic carbocycles. The number of carbonyl (C=O) groups is 3. The van der Waals surface area contributed by atoms with Crippen molar-refractivity contribution in [2.75, 3.05) is 6.61 Å².